The van der Waals surface area contributed by atoms with Gasteiger partial charge in [0.1, 0.15) is 0 Å². The number of halogens is 2. The van der Waals surface area contributed by atoms with Gasteiger partial charge in [0, 0.05) is 23.2 Å². The van der Waals surface area contributed by atoms with E-state index in [1.807, 2.05) is 0 Å². The lowest BCUT2D eigenvalue weighted by molar-refractivity contribution is -0.385. The number of nitro benzene ring substituents is 1. The van der Waals surface area contributed by atoms with Gasteiger partial charge in [-0.05, 0) is 12.1 Å². The predicted octanol–water partition coefficient (Wildman–Crippen LogP) is 3.33. The molecule has 0 unspecified atom stereocenters. The van der Waals surface area contributed by atoms with Gasteiger partial charge >= 0.3 is 0 Å². The van der Waals surface area contributed by atoms with Crippen molar-refractivity contribution in [3.8, 4) is 5.69 Å². The minimum atomic E-state index is -0.406. The molecular formula is C10H7BrClN3O2. The summed E-state index contributed by atoms with van der Waals surface area (Å²) in [7, 11) is 0. The molecule has 5 nitrogen and oxygen atoms in total. The smallest absolute Gasteiger partial charge is 0.258 e. The SMILES string of the molecule is O=[N+]([O-])c1ccc(-n2cc(Cl)cn2)cc1CBr. The van der Waals surface area contributed by atoms with Crippen LogP contribution in [0.2, 0.25) is 5.02 Å². The number of rotatable bonds is 3. The molecule has 0 radical (unpaired) electrons. The van der Waals surface area contributed by atoms with Crippen LogP contribution >= 0.6 is 27.5 Å². The van der Waals surface area contributed by atoms with Crippen LogP contribution in [0.25, 0.3) is 5.69 Å². The Balaban J connectivity index is 2.48. The Kier molecular flexibility index (Phi) is 3.44. The Hall–Kier alpha value is -1.40. The van der Waals surface area contributed by atoms with Crippen molar-refractivity contribution in [3.05, 3.63) is 51.3 Å². The van der Waals surface area contributed by atoms with Gasteiger partial charge in [-0.1, -0.05) is 27.5 Å². The van der Waals surface area contributed by atoms with Crippen LogP contribution in [-0.4, -0.2) is 14.7 Å². The van der Waals surface area contributed by atoms with Crippen molar-refractivity contribution in [3.63, 3.8) is 0 Å². The molecule has 0 spiro atoms. The Bertz CT molecular complexity index is 570. The topological polar surface area (TPSA) is 61.0 Å². The van der Waals surface area contributed by atoms with E-state index in [1.165, 1.54) is 12.3 Å². The summed E-state index contributed by atoms with van der Waals surface area (Å²) in [5.41, 5.74) is 1.42. The Morgan fingerprint density at radius 2 is 2.29 bits per heavy atom. The molecule has 0 N–H and O–H groups in total. The van der Waals surface area contributed by atoms with E-state index in [2.05, 4.69) is 21.0 Å². The number of nitro groups is 1. The normalized spacial score (nSPS) is 10.5. The zero-order chi connectivity index (χ0) is 12.4. The summed E-state index contributed by atoms with van der Waals surface area (Å²) in [5, 5.41) is 15.7. The summed E-state index contributed by atoms with van der Waals surface area (Å²) in [6.45, 7) is 0. The molecule has 17 heavy (non-hydrogen) atoms. The van der Waals surface area contributed by atoms with E-state index in [1.54, 1.807) is 23.0 Å². The van der Waals surface area contributed by atoms with Gasteiger partial charge in [0.2, 0.25) is 0 Å². The number of aromatic nitrogens is 2. The molecule has 0 bridgehead atoms. The van der Waals surface area contributed by atoms with Crippen molar-refractivity contribution >= 4 is 33.2 Å². The second-order valence-electron chi connectivity index (χ2n) is 3.31. The van der Waals surface area contributed by atoms with Crippen LogP contribution < -0.4 is 0 Å². The summed E-state index contributed by atoms with van der Waals surface area (Å²) < 4.78 is 1.57. The molecule has 1 aromatic carbocycles. The van der Waals surface area contributed by atoms with Gasteiger partial charge in [0.25, 0.3) is 5.69 Å². The first-order valence-electron chi connectivity index (χ1n) is 4.65. The van der Waals surface area contributed by atoms with Gasteiger partial charge < -0.3 is 0 Å². The van der Waals surface area contributed by atoms with Crippen molar-refractivity contribution < 1.29 is 4.92 Å². The van der Waals surface area contributed by atoms with Gasteiger partial charge in [-0.25, -0.2) is 4.68 Å². The molecular weight excluding hydrogens is 309 g/mol. The third kappa shape index (κ3) is 2.48. The molecule has 2 rings (SSSR count). The molecule has 1 heterocycles. The number of hydrogen-bond donors (Lipinski definition) is 0. The zero-order valence-corrected chi connectivity index (χ0v) is 10.8. The molecule has 0 saturated carbocycles. The highest BCUT2D eigenvalue weighted by molar-refractivity contribution is 9.08. The van der Waals surface area contributed by atoms with Crippen LogP contribution in [0.4, 0.5) is 5.69 Å². The summed E-state index contributed by atoms with van der Waals surface area (Å²) in [6, 6.07) is 4.80. The molecule has 1 aromatic heterocycles. The molecule has 0 aliphatic heterocycles. The average molecular weight is 317 g/mol. The molecule has 0 saturated heterocycles. The highest BCUT2D eigenvalue weighted by Crippen LogP contribution is 2.24. The second-order valence-corrected chi connectivity index (χ2v) is 4.30. The summed E-state index contributed by atoms with van der Waals surface area (Å²) in [4.78, 5) is 10.4. The van der Waals surface area contributed by atoms with Crippen LogP contribution in [0.15, 0.2) is 30.6 Å². The van der Waals surface area contributed by atoms with Gasteiger partial charge in [-0.15, -0.1) is 0 Å². The third-order valence-corrected chi connectivity index (χ3v) is 3.02. The fourth-order valence-electron chi connectivity index (χ4n) is 1.44. The summed E-state index contributed by atoms with van der Waals surface area (Å²) in [6.07, 6.45) is 3.15. The van der Waals surface area contributed by atoms with Crippen molar-refractivity contribution in [2.75, 3.05) is 0 Å². The number of alkyl halides is 1. The van der Waals surface area contributed by atoms with Crippen LogP contribution in [0.3, 0.4) is 0 Å². The van der Waals surface area contributed by atoms with Crippen LogP contribution in [0.5, 0.6) is 0 Å². The highest BCUT2D eigenvalue weighted by atomic mass is 79.9. The summed E-state index contributed by atoms with van der Waals surface area (Å²) in [5.74, 6) is 0. The minimum absolute atomic E-state index is 0.0869. The number of nitrogens with zero attached hydrogens (tertiary/aromatic N) is 3. The largest absolute Gasteiger partial charge is 0.273 e. The lowest BCUT2D eigenvalue weighted by Gasteiger charge is -2.04. The maximum atomic E-state index is 10.8. The number of benzene rings is 1. The van der Waals surface area contributed by atoms with E-state index in [0.717, 1.165) is 5.69 Å². The van der Waals surface area contributed by atoms with E-state index in [4.69, 9.17) is 11.6 Å². The first-order chi connectivity index (χ1) is 8.11. The monoisotopic (exact) mass is 315 g/mol. The third-order valence-electron chi connectivity index (χ3n) is 2.22. The Morgan fingerprint density at radius 1 is 1.53 bits per heavy atom. The molecule has 0 fully saturated rings. The van der Waals surface area contributed by atoms with E-state index < -0.39 is 4.92 Å². The van der Waals surface area contributed by atoms with Gasteiger partial charge in [-0.2, -0.15) is 5.10 Å². The zero-order valence-electron chi connectivity index (χ0n) is 8.51. The quantitative estimate of drug-likeness (QED) is 0.496. The number of hydrogen-bond acceptors (Lipinski definition) is 3. The maximum Gasteiger partial charge on any atom is 0.273 e. The van der Waals surface area contributed by atoms with Crippen molar-refractivity contribution in [2.45, 2.75) is 5.33 Å². The predicted molar refractivity (Wildman–Crippen MR) is 67.9 cm³/mol. The van der Waals surface area contributed by atoms with Crippen molar-refractivity contribution in [1.29, 1.82) is 0 Å². The van der Waals surface area contributed by atoms with Gasteiger partial charge in [0.15, 0.2) is 0 Å². The standard InChI is InChI=1S/C10H7BrClN3O2/c11-4-7-3-9(1-2-10(7)15(16)17)14-6-8(12)5-13-14/h1-3,5-6H,4H2. The van der Waals surface area contributed by atoms with E-state index in [-0.39, 0.29) is 5.69 Å². The van der Waals surface area contributed by atoms with Gasteiger partial charge in [-0.3, -0.25) is 10.1 Å². The molecule has 7 heteroatoms. The molecule has 0 aliphatic carbocycles. The second kappa shape index (κ2) is 4.85. The lowest BCUT2D eigenvalue weighted by Crippen LogP contribution is -1.98. The summed E-state index contributed by atoms with van der Waals surface area (Å²) >= 11 is 8.99. The maximum absolute atomic E-state index is 10.8. The van der Waals surface area contributed by atoms with Crippen molar-refractivity contribution in [2.24, 2.45) is 0 Å². The molecule has 0 amide bonds. The molecule has 0 aliphatic rings. The minimum Gasteiger partial charge on any atom is -0.258 e. The molecule has 0 atom stereocenters. The molecule has 2 aromatic rings. The van der Waals surface area contributed by atoms with Gasteiger partial charge in [0.05, 0.1) is 21.8 Å². The van der Waals surface area contributed by atoms with E-state index in [9.17, 15) is 10.1 Å². The highest BCUT2D eigenvalue weighted by Gasteiger charge is 2.13. The van der Waals surface area contributed by atoms with Crippen molar-refractivity contribution in [1.82, 2.24) is 9.78 Å². The van der Waals surface area contributed by atoms with Crippen LogP contribution in [0.1, 0.15) is 5.56 Å². The Labute approximate surface area is 110 Å². The van der Waals surface area contributed by atoms with E-state index >= 15 is 0 Å². The van der Waals surface area contributed by atoms with Crippen LogP contribution in [-0.2, 0) is 5.33 Å². The van der Waals surface area contributed by atoms with E-state index in [0.29, 0.717) is 15.9 Å². The average Bonchev–Trinajstić information content (AvgIpc) is 2.75. The first kappa shape index (κ1) is 12.1. The van der Waals surface area contributed by atoms with Crippen LogP contribution in [0, 0.1) is 10.1 Å². The fourth-order valence-corrected chi connectivity index (χ4v) is 2.03. The fraction of sp³-hybridized carbons (Fsp3) is 0.100. The lowest BCUT2D eigenvalue weighted by atomic mass is 10.2. The first-order valence-corrected chi connectivity index (χ1v) is 6.15. The Morgan fingerprint density at radius 3 is 2.82 bits per heavy atom. The molecule has 88 valence electrons.